The van der Waals surface area contributed by atoms with E-state index in [4.69, 9.17) is 4.74 Å². The van der Waals surface area contributed by atoms with Crippen molar-refractivity contribution in [2.45, 2.75) is 19.4 Å². The van der Waals surface area contributed by atoms with Gasteiger partial charge in [0, 0.05) is 23.1 Å². The Balaban J connectivity index is 1.68. The fourth-order valence-electron chi connectivity index (χ4n) is 4.54. The van der Waals surface area contributed by atoms with Gasteiger partial charge in [0.1, 0.15) is 18.7 Å². The molecule has 0 radical (unpaired) electrons. The largest absolute Gasteiger partial charge is 0.444 e. The Bertz CT molecular complexity index is 1480. The summed E-state index contributed by atoms with van der Waals surface area (Å²) in [6.45, 7) is 0.170. The Kier molecular flexibility index (Phi) is 6.90. The highest BCUT2D eigenvalue weighted by atomic mass is 16.5. The molecule has 1 aromatic heterocycles. The number of ether oxygens (including phenoxy) is 1. The van der Waals surface area contributed by atoms with Crippen molar-refractivity contribution in [1.82, 2.24) is 4.57 Å². The van der Waals surface area contributed by atoms with Gasteiger partial charge in [0.15, 0.2) is 0 Å². The van der Waals surface area contributed by atoms with E-state index in [1.165, 1.54) is 0 Å². The number of para-hydroxylation sites is 1. The Morgan fingerprint density at radius 1 is 0.806 bits per heavy atom. The summed E-state index contributed by atoms with van der Waals surface area (Å²) in [5.74, 6) is 0.624. The zero-order chi connectivity index (χ0) is 24.7. The minimum absolute atomic E-state index is 0.170. The number of aldehydes is 1. The van der Waals surface area contributed by atoms with Crippen molar-refractivity contribution >= 4 is 29.1 Å². The summed E-state index contributed by atoms with van der Waals surface area (Å²) in [5, 5.41) is 4.06. The maximum Gasteiger partial charge on any atom is 0.413 e. The first-order valence-electron chi connectivity index (χ1n) is 11.9. The Labute approximate surface area is 210 Å². The summed E-state index contributed by atoms with van der Waals surface area (Å²) in [4.78, 5) is 24.3. The van der Waals surface area contributed by atoms with Crippen LogP contribution in [0, 0.1) is 0 Å². The number of benzene rings is 4. The van der Waals surface area contributed by atoms with Crippen LogP contribution < -0.4 is 5.32 Å². The average molecular weight is 475 g/mol. The first kappa shape index (κ1) is 23.1. The lowest BCUT2D eigenvalue weighted by Crippen LogP contribution is -2.16. The van der Waals surface area contributed by atoms with Gasteiger partial charge in [-0.15, -0.1) is 0 Å². The van der Waals surface area contributed by atoms with Crippen molar-refractivity contribution in [2.75, 3.05) is 5.32 Å². The molecule has 0 spiro atoms. The molecule has 1 heterocycles. The van der Waals surface area contributed by atoms with Gasteiger partial charge >= 0.3 is 6.09 Å². The molecule has 5 rings (SSSR count). The van der Waals surface area contributed by atoms with Crippen LogP contribution in [0.3, 0.4) is 0 Å². The number of nitrogens with zero attached hydrogens (tertiary/aromatic N) is 1. The molecule has 0 aliphatic heterocycles. The lowest BCUT2D eigenvalue weighted by Gasteiger charge is -2.14. The predicted molar refractivity (Wildman–Crippen MR) is 143 cm³/mol. The summed E-state index contributed by atoms with van der Waals surface area (Å²) in [5.41, 5.74) is 5.68. The van der Waals surface area contributed by atoms with Crippen LogP contribution in [0.1, 0.15) is 17.5 Å². The SMILES string of the molecule is O=CCCc1cccc2c1c(-c1ccccc1)c(NC(=O)OCc1ccccc1)n2-c1ccccc1. The monoisotopic (exact) mass is 474 g/mol. The molecule has 1 amide bonds. The van der Waals surface area contributed by atoms with E-state index < -0.39 is 6.09 Å². The van der Waals surface area contributed by atoms with E-state index in [0.29, 0.717) is 18.7 Å². The maximum absolute atomic E-state index is 13.1. The third-order valence-corrected chi connectivity index (χ3v) is 6.12. The Hall–Kier alpha value is -4.64. The molecule has 0 aliphatic carbocycles. The second kappa shape index (κ2) is 10.7. The number of rotatable bonds is 8. The third kappa shape index (κ3) is 4.77. The zero-order valence-electron chi connectivity index (χ0n) is 19.8. The number of aryl methyl sites for hydroxylation is 1. The predicted octanol–water partition coefficient (Wildman–Crippen LogP) is 7.18. The van der Waals surface area contributed by atoms with Gasteiger partial charge in [-0.05, 0) is 41.3 Å². The minimum Gasteiger partial charge on any atom is -0.444 e. The van der Waals surface area contributed by atoms with E-state index in [0.717, 1.165) is 45.1 Å². The number of carbonyl (C=O) groups excluding carboxylic acids is 2. The van der Waals surface area contributed by atoms with Crippen molar-refractivity contribution < 1.29 is 14.3 Å². The number of nitrogens with one attached hydrogen (secondary N) is 1. The molecule has 5 aromatic rings. The molecular weight excluding hydrogens is 448 g/mol. The number of hydrogen-bond donors (Lipinski definition) is 1. The molecule has 0 atom stereocenters. The molecule has 178 valence electrons. The molecule has 0 saturated heterocycles. The van der Waals surface area contributed by atoms with Crippen LogP contribution in [0.4, 0.5) is 10.6 Å². The van der Waals surface area contributed by atoms with Crippen molar-refractivity contribution in [3.8, 4) is 16.8 Å². The fraction of sp³-hybridized carbons (Fsp3) is 0.0968. The van der Waals surface area contributed by atoms with Gasteiger partial charge in [-0.3, -0.25) is 9.88 Å². The summed E-state index contributed by atoms with van der Waals surface area (Å²) in [6, 6.07) is 35.6. The molecular formula is C31H26N2O3. The van der Waals surface area contributed by atoms with Gasteiger partial charge in [-0.2, -0.15) is 0 Å². The lowest BCUT2D eigenvalue weighted by molar-refractivity contribution is -0.107. The van der Waals surface area contributed by atoms with Crippen LogP contribution in [0.5, 0.6) is 0 Å². The van der Waals surface area contributed by atoms with Crippen LogP contribution in [0.2, 0.25) is 0 Å². The highest BCUT2D eigenvalue weighted by Crippen LogP contribution is 2.42. The molecule has 1 N–H and O–H groups in total. The second-order valence-electron chi connectivity index (χ2n) is 8.46. The molecule has 0 bridgehead atoms. The van der Waals surface area contributed by atoms with Gasteiger partial charge in [0.2, 0.25) is 0 Å². The summed E-state index contributed by atoms with van der Waals surface area (Å²) in [6.07, 6.45) is 1.43. The average Bonchev–Trinajstić information content (AvgIpc) is 3.26. The molecule has 5 heteroatoms. The summed E-state index contributed by atoms with van der Waals surface area (Å²) >= 11 is 0. The van der Waals surface area contributed by atoms with Gasteiger partial charge < -0.3 is 9.53 Å². The molecule has 36 heavy (non-hydrogen) atoms. The van der Waals surface area contributed by atoms with E-state index in [2.05, 4.69) is 5.32 Å². The normalized spacial score (nSPS) is 10.8. The second-order valence-corrected chi connectivity index (χ2v) is 8.46. The minimum atomic E-state index is -0.537. The topological polar surface area (TPSA) is 60.3 Å². The number of aromatic nitrogens is 1. The van der Waals surface area contributed by atoms with Crippen LogP contribution in [-0.4, -0.2) is 16.9 Å². The quantitative estimate of drug-likeness (QED) is 0.242. The number of carbonyl (C=O) groups is 2. The number of fused-ring (bicyclic) bond motifs is 1. The van der Waals surface area contributed by atoms with Gasteiger partial charge in [-0.1, -0.05) is 91.0 Å². The van der Waals surface area contributed by atoms with E-state index in [-0.39, 0.29) is 6.61 Å². The first-order valence-corrected chi connectivity index (χ1v) is 11.9. The first-order chi connectivity index (χ1) is 17.8. The molecule has 0 fully saturated rings. The molecule has 0 unspecified atom stereocenters. The maximum atomic E-state index is 13.1. The lowest BCUT2D eigenvalue weighted by atomic mass is 9.97. The fourth-order valence-corrected chi connectivity index (χ4v) is 4.54. The number of hydrogen-bond acceptors (Lipinski definition) is 3. The van der Waals surface area contributed by atoms with E-state index in [1.807, 2.05) is 114 Å². The summed E-state index contributed by atoms with van der Waals surface area (Å²) < 4.78 is 7.64. The molecule has 4 aromatic carbocycles. The van der Waals surface area contributed by atoms with E-state index in [1.54, 1.807) is 0 Å². The van der Waals surface area contributed by atoms with Crippen molar-refractivity contribution in [3.63, 3.8) is 0 Å². The van der Waals surface area contributed by atoms with E-state index >= 15 is 0 Å². The van der Waals surface area contributed by atoms with Crippen LogP contribution >= 0.6 is 0 Å². The van der Waals surface area contributed by atoms with Crippen molar-refractivity contribution in [1.29, 1.82) is 0 Å². The van der Waals surface area contributed by atoms with Crippen molar-refractivity contribution in [3.05, 3.63) is 120 Å². The number of anilines is 1. The molecule has 0 aliphatic rings. The van der Waals surface area contributed by atoms with Crippen molar-refractivity contribution in [2.24, 2.45) is 0 Å². The summed E-state index contributed by atoms with van der Waals surface area (Å²) in [7, 11) is 0. The Morgan fingerprint density at radius 2 is 1.47 bits per heavy atom. The van der Waals surface area contributed by atoms with Gasteiger partial charge in [0.05, 0.1) is 5.52 Å². The van der Waals surface area contributed by atoms with Gasteiger partial charge in [-0.25, -0.2) is 4.79 Å². The van der Waals surface area contributed by atoms with Crippen LogP contribution in [0.25, 0.3) is 27.7 Å². The van der Waals surface area contributed by atoms with Crippen LogP contribution in [0.15, 0.2) is 109 Å². The standard InChI is InChI=1S/C31H26N2O3/c34-21-11-17-24-16-10-20-27-28(24)29(25-14-6-2-7-15-25)30(33(27)26-18-8-3-9-19-26)32-31(35)36-22-23-12-4-1-5-13-23/h1-10,12-16,18-21H,11,17,22H2,(H,32,35). The van der Waals surface area contributed by atoms with Crippen LogP contribution in [-0.2, 0) is 22.6 Å². The smallest absolute Gasteiger partial charge is 0.413 e. The van der Waals surface area contributed by atoms with Gasteiger partial charge in [0.25, 0.3) is 0 Å². The molecule has 5 nitrogen and oxygen atoms in total. The third-order valence-electron chi connectivity index (χ3n) is 6.12. The highest BCUT2D eigenvalue weighted by molar-refractivity contribution is 6.08. The molecule has 0 saturated carbocycles. The highest BCUT2D eigenvalue weighted by Gasteiger charge is 2.23. The van der Waals surface area contributed by atoms with E-state index in [9.17, 15) is 9.59 Å². The zero-order valence-corrected chi connectivity index (χ0v) is 19.8. The number of amides is 1. The Morgan fingerprint density at radius 3 is 2.17 bits per heavy atom.